The van der Waals surface area contributed by atoms with Gasteiger partial charge in [-0.2, -0.15) is 193 Å². The predicted octanol–water partition coefficient (Wildman–Crippen LogP) is 18.9. The van der Waals surface area contributed by atoms with Crippen LogP contribution < -0.4 is 10.6 Å². The van der Waals surface area contributed by atoms with Gasteiger partial charge in [0.2, 0.25) is 0 Å². The number of nitrogens with one attached hydrogen (secondary N) is 2. The van der Waals surface area contributed by atoms with Gasteiger partial charge in [-0.1, -0.05) is 0 Å². The Morgan fingerprint density at radius 2 is 0.411 bits per heavy atom. The van der Waals surface area contributed by atoms with Crippen LogP contribution >= 0.6 is 0 Å². The number of halogens is 48. The first-order chi connectivity index (χ1) is 41.1. The Morgan fingerprint density at radius 3 is 0.558 bits per heavy atom. The smallest absolute Gasteiger partial charge is 0.404 e. The Kier molecular flexibility index (Phi) is 22.0. The molecule has 0 radical (unpaired) electrons. The molecule has 564 valence electrons. The molecule has 95 heavy (non-hydrogen) atoms. The first-order valence-electron chi connectivity index (χ1n) is 24.0. The van der Waals surface area contributed by atoms with E-state index in [1.165, 1.54) is 10.6 Å². The van der Waals surface area contributed by atoms with Gasteiger partial charge in [-0.05, 0) is 68.6 Å². The van der Waals surface area contributed by atoms with E-state index in [2.05, 4.69) is 0 Å². The van der Waals surface area contributed by atoms with Gasteiger partial charge in [0, 0.05) is 24.9 Å². The zero-order chi connectivity index (χ0) is 76.6. The van der Waals surface area contributed by atoms with Crippen molar-refractivity contribution in [2.24, 2.45) is 17.3 Å². The lowest BCUT2D eigenvalue weighted by molar-refractivity contribution is -0.477. The summed E-state index contributed by atoms with van der Waals surface area (Å²) in [5, 5.41) is 20.6. The Hall–Kier alpha value is -4.82. The minimum absolute atomic E-state index is 1.32. The number of carboxylic acid groups (broad SMARTS) is 2. The topological polar surface area (TPSA) is 98.7 Å². The molecule has 2 saturated carbocycles. The Labute approximate surface area is 490 Å². The molecular formula is C41H30F48N2O4. The lowest BCUT2D eigenvalue weighted by Crippen LogP contribution is -2.78. The lowest BCUT2D eigenvalue weighted by atomic mass is 9.53. The number of hydrogen-bond donors (Lipinski definition) is 4. The highest BCUT2D eigenvalue weighted by Gasteiger charge is 3.01. The van der Waals surface area contributed by atoms with E-state index in [9.17, 15) is 150 Å². The molecule has 4 N–H and O–H groups in total. The fraction of sp³-hybridized carbons (Fsp3) is 0.951. The van der Waals surface area contributed by atoms with Crippen molar-refractivity contribution >= 4 is 12.2 Å². The number of rotatable bonds is 30. The first kappa shape index (κ1) is 86.3. The molecule has 0 aromatic rings. The highest BCUT2D eigenvalue weighted by Crippen LogP contribution is 2.72. The molecule has 2 rings (SSSR count). The molecule has 0 aromatic heterocycles. The summed E-state index contributed by atoms with van der Waals surface area (Å²) < 4.78 is 697. The van der Waals surface area contributed by atoms with E-state index in [0.29, 0.717) is 0 Å². The van der Waals surface area contributed by atoms with Crippen LogP contribution in [-0.2, 0) is 0 Å². The van der Waals surface area contributed by atoms with Gasteiger partial charge in [0.1, 0.15) is 0 Å². The Bertz CT molecular complexity index is 2530. The molecule has 0 bridgehead atoms. The predicted molar refractivity (Wildman–Crippen MR) is 206 cm³/mol. The van der Waals surface area contributed by atoms with Gasteiger partial charge in [0.25, 0.3) is 0 Å². The fourth-order valence-electron chi connectivity index (χ4n) is 9.91. The molecule has 2 fully saturated rings. The zero-order valence-corrected chi connectivity index (χ0v) is 43.9. The average molecular weight is 1530 g/mol. The monoisotopic (exact) mass is 1530 g/mol. The molecule has 54 heteroatoms. The van der Waals surface area contributed by atoms with E-state index in [-0.39, 0.29) is 0 Å². The minimum Gasteiger partial charge on any atom is -0.465 e. The summed E-state index contributed by atoms with van der Waals surface area (Å²) in [4.78, 5) is 22.5. The molecule has 0 atom stereocenters. The van der Waals surface area contributed by atoms with Crippen LogP contribution in [0.1, 0.15) is 64.2 Å². The van der Waals surface area contributed by atoms with E-state index in [0.717, 1.165) is 0 Å². The van der Waals surface area contributed by atoms with Gasteiger partial charge in [-0.3, -0.25) is 0 Å². The van der Waals surface area contributed by atoms with Gasteiger partial charge < -0.3 is 20.8 Å². The van der Waals surface area contributed by atoms with Crippen LogP contribution in [0.25, 0.3) is 0 Å². The summed E-state index contributed by atoms with van der Waals surface area (Å²) in [6.45, 7) is 0. The molecule has 2 aliphatic carbocycles. The molecule has 6 nitrogen and oxygen atoms in total. The van der Waals surface area contributed by atoms with Crippen molar-refractivity contribution in [3.8, 4) is 0 Å². The molecule has 0 spiro atoms. The zero-order valence-electron chi connectivity index (χ0n) is 43.9. The van der Waals surface area contributed by atoms with Crippen LogP contribution in [0.3, 0.4) is 0 Å². The van der Waals surface area contributed by atoms with Crippen LogP contribution in [0.4, 0.5) is 220 Å². The summed E-state index contributed by atoms with van der Waals surface area (Å²) in [7, 11) is 0. The summed E-state index contributed by atoms with van der Waals surface area (Å²) in [6.07, 6.45) is -41.8. The molecule has 2 aliphatic rings. The molecular weight excluding hydrogens is 1500 g/mol. The minimum atomic E-state index is -10.3. The average Bonchev–Trinajstić information content (AvgIpc) is 0.690. The van der Waals surface area contributed by atoms with Crippen molar-refractivity contribution in [1.82, 2.24) is 10.6 Å². The number of alkyl halides is 48. The molecule has 0 aliphatic heterocycles. The largest absolute Gasteiger partial charge is 0.465 e. The number of amides is 2. The van der Waals surface area contributed by atoms with E-state index in [1.54, 1.807) is 0 Å². The standard InChI is InChI=1S/C41H30F48N2O4/c42-15(43)22(50,51)26(58,59)30(66,67)34(74,75)38(82,83)40(86,87)36(78,79)32(70,71)28(62,63)24(54,55)20(46,47)9-19(11-1-5-13(6-2-11)90-17(92)93,12-3-7-14(8-4-12)91-18(94)95)10-21(48,49)25(56,57)29(64,65)33(72,73)37(80,81)41(88,89)39(84,85)35(76,77)31(68,69)27(60,61)23(52,53)16(44)45/h11-16,90-91H,1-10H2,(H,92,93)(H,94,95). The maximum absolute atomic E-state index is 16.4. The molecule has 0 saturated heterocycles. The fourth-order valence-corrected chi connectivity index (χ4v) is 9.91. The number of carbonyl (C=O) groups is 2. The van der Waals surface area contributed by atoms with Crippen LogP contribution in [0, 0.1) is 17.3 Å². The second-order valence-electron chi connectivity index (χ2n) is 21.2. The first-order valence-corrected chi connectivity index (χ1v) is 24.0. The van der Waals surface area contributed by atoms with E-state index in [4.69, 9.17) is 10.2 Å². The van der Waals surface area contributed by atoms with Crippen molar-refractivity contribution in [3.63, 3.8) is 0 Å². The van der Waals surface area contributed by atoms with Crippen molar-refractivity contribution in [1.29, 1.82) is 0 Å². The third kappa shape index (κ3) is 11.8. The van der Waals surface area contributed by atoms with E-state index >= 15 is 70.2 Å². The SMILES string of the molecule is O=C(O)NC1CCC(C(CC(F)(F)C(F)(F)C(F)(F)C(F)(F)C(F)(F)C(F)(F)C(F)(F)C(F)(F)C(F)(F)C(F)(F)C(F)(F)C(F)F)(CC(F)(F)C(F)(F)C(F)(F)C(F)(F)C(F)(F)C(F)(F)C(F)(F)C(F)(F)C(F)(F)C(F)(F)C(F)(F)C(F)F)C2CCC(NC(=O)O)CC2)CC1. The van der Waals surface area contributed by atoms with Crippen molar-refractivity contribution in [2.45, 2.75) is 219 Å². The Balaban J connectivity index is 3.25. The quantitative estimate of drug-likeness (QED) is 0.0539. The van der Waals surface area contributed by atoms with Gasteiger partial charge in [0.05, 0.1) is 0 Å². The molecule has 2 amide bonds. The lowest BCUT2D eigenvalue weighted by Gasteiger charge is -2.54. The maximum atomic E-state index is 16.4. The van der Waals surface area contributed by atoms with Crippen LogP contribution in [-0.4, -0.2) is 178 Å². The summed E-state index contributed by atoms with van der Waals surface area (Å²) in [5.41, 5.74) is -5.43. The molecule has 0 aromatic carbocycles. The van der Waals surface area contributed by atoms with Crippen LogP contribution in [0.5, 0.6) is 0 Å². The van der Waals surface area contributed by atoms with Gasteiger partial charge in [-0.15, -0.1) is 0 Å². The van der Waals surface area contributed by atoms with E-state index < -0.39 is 249 Å². The van der Waals surface area contributed by atoms with Gasteiger partial charge >= 0.3 is 155 Å². The highest BCUT2D eigenvalue weighted by molar-refractivity contribution is 5.65. The van der Waals surface area contributed by atoms with Crippen molar-refractivity contribution in [2.75, 3.05) is 0 Å². The second-order valence-corrected chi connectivity index (χ2v) is 21.2. The molecule has 0 heterocycles. The third-order valence-electron chi connectivity index (χ3n) is 15.5. The van der Waals surface area contributed by atoms with E-state index in [1.807, 2.05) is 0 Å². The maximum Gasteiger partial charge on any atom is 0.404 e. The Morgan fingerprint density at radius 1 is 0.263 bits per heavy atom. The number of hydrogen-bond acceptors (Lipinski definition) is 2. The summed E-state index contributed by atoms with van der Waals surface area (Å²) in [5.74, 6) is -219. The normalized spacial score (nSPS) is 21.2. The van der Waals surface area contributed by atoms with Gasteiger partial charge in [-0.25, -0.2) is 27.2 Å². The van der Waals surface area contributed by atoms with Crippen molar-refractivity contribution < 1.29 is 231 Å². The summed E-state index contributed by atoms with van der Waals surface area (Å²) >= 11 is 0. The molecule has 0 unspecified atom stereocenters. The summed E-state index contributed by atoms with van der Waals surface area (Å²) in [6, 6.07) is -4.07. The van der Waals surface area contributed by atoms with Gasteiger partial charge in [0.15, 0.2) is 0 Å². The van der Waals surface area contributed by atoms with Crippen LogP contribution in [0.15, 0.2) is 0 Å². The third-order valence-corrected chi connectivity index (χ3v) is 15.5. The van der Waals surface area contributed by atoms with Crippen molar-refractivity contribution in [3.05, 3.63) is 0 Å². The highest BCUT2D eigenvalue weighted by atomic mass is 19.4. The second kappa shape index (κ2) is 24.2. The van der Waals surface area contributed by atoms with Crippen LogP contribution in [0.2, 0.25) is 0 Å².